The van der Waals surface area contributed by atoms with Crippen LogP contribution in [0.25, 0.3) is 17.0 Å². The smallest absolute Gasteiger partial charge is 0.407 e. The van der Waals surface area contributed by atoms with Crippen LogP contribution in [0.4, 0.5) is 4.79 Å². The molecule has 6 heteroatoms. The molecule has 0 radical (unpaired) electrons. The fourth-order valence-corrected chi connectivity index (χ4v) is 2.03. The highest BCUT2D eigenvalue weighted by Crippen LogP contribution is 2.11. The fraction of sp³-hybridized carbons (Fsp3) is 0.353. The number of nitrogens with zero attached hydrogens (tertiary/aromatic N) is 1. The SMILES string of the molecule is Cc1nc2ccc(C=CCNC(=O)OC(C)(C)C)cc2c(=O)[nH]1. The molecule has 23 heavy (non-hydrogen) atoms. The van der Waals surface area contributed by atoms with Crippen molar-refractivity contribution in [3.63, 3.8) is 0 Å². The van der Waals surface area contributed by atoms with Crippen LogP contribution < -0.4 is 10.9 Å². The third-order valence-corrected chi connectivity index (χ3v) is 2.92. The Kier molecular flexibility index (Phi) is 4.83. The second-order valence-corrected chi connectivity index (χ2v) is 6.21. The topological polar surface area (TPSA) is 84.1 Å². The summed E-state index contributed by atoms with van der Waals surface area (Å²) in [5, 5.41) is 3.18. The summed E-state index contributed by atoms with van der Waals surface area (Å²) in [7, 11) is 0. The van der Waals surface area contributed by atoms with Crippen molar-refractivity contribution < 1.29 is 9.53 Å². The average molecular weight is 315 g/mol. The third-order valence-electron chi connectivity index (χ3n) is 2.92. The van der Waals surface area contributed by atoms with Crippen LogP contribution in [0, 0.1) is 6.92 Å². The predicted molar refractivity (Wildman–Crippen MR) is 90.4 cm³/mol. The van der Waals surface area contributed by atoms with Gasteiger partial charge in [0.15, 0.2) is 0 Å². The van der Waals surface area contributed by atoms with E-state index >= 15 is 0 Å². The molecule has 6 nitrogen and oxygen atoms in total. The zero-order chi connectivity index (χ0) is 17.0. The van der Waals surface area contributed by atoms with Gasteiger partial charge in [-0.2, -0.15) is 0 Å². The van der Waals surface area contributed by atoms with Gasteiger partial charge in [0.05, 0.1) is 10.9 Å². The first-order valence-corrected chi connectivity index (χ1v) is 7.39. The van der Waals surface area contributed by atoms with Gasteiger partial charge < -0.3 is 15.0 Å². The van der Waals surface area contributed by atoms with E-state index in [1.54, 1.807) is 25.1 Å². The second-order valence-electron chi connectivity index (χ2n) is 6.21. The quantitative estimate of drug-likeness (QED) is 0.912. The van der Waals surface area contributed by atoms with E-state index in [1.807, 2.05) is 32.9 Å². The zero-order valence-electron chi connectivity index (χ0n) is 13.8. The molecule has 1 aromatic carbocycles. The number of hydrogen-bond acceptors (Lipinski definition) is 4. The molecule has 0 aliphatic carbocycles. The molecule has 2 N–H and O–H groups in total. The lowest BCUT2D eigenvalue weighted by atomic mass is 10.1. The van der Waals surface area contributed by atoms with E-state index in [9.17, 15) is 9.59 Å². The molecule has 0 aliphatic rings. The number of fused-ring (bicyclic) bond motifs is 1. The van der Waals surface area contributed by atoms with Gasteiger partial charge in [-0.05, 0) is 45.4 Å². The Morgan fingerprint density at radius 3 is 2.83 bits per heavy atom. The molecule has 0 atom stereocenters. The Morgan fingerprint density at radius 2 is 2.13 bits per heavy atom. The monoisotopic (exact) mass is 315 g/mol. The zero-order valence-corrected chi connectivity index (χ0v) is 13.8. The van der Waals surface area contributed by atoms with E-state index in [0.717, 1.165) is 5.56 Å². The Morgan fingerprint density at radius 1 is 1.39 bits per heavy atom. The van der Waals surface area contributed by atoms with E-state index in [-0.39, 0.29) is 5.56 Å². The number of hydrogen-bond donors (Lipinski definition) is 2. The highest BCUT2D eigenvalue weighted by atomic mass is 16.6. The minimum absolute atomic E-state index is 0.158. The van der Waals surface area contributed by atoms with Crippen LogP contribution in [0.5, 0.6) is 0 Å². The molecule has 0 saturated carbocycles. The summed E-state index contributed by atoms with van der Waals surface area (Å²) in [6.45, 7) is 7.52. The van der Waals surface area contributed by atoms with E-state index < -0.39 is 11.7 Å². The summed E-state index contributed by atoms with van der Waals surface area (Å²) in [4.78, 5) is 30.4. The molecule has 1 aromatic heterocycles. The minimum atomic E-state index is -0.516. The van der Waals surface area contributed by atoms with Crippen molar-refractivity contribution in [2.45, 2.75) is 33.3 Å². The summed E-state index contributed by atoms with van der Waals surface area (Å²) in [5.41, 5.74) is 0.850. The maximum absolute atomic E-state index is 11.9. The Bertz CT molecular complexity index is 801. The standard InChI is InChI=1S/C17H21N3O3/c1-11-19-14-8-7-12(10-13(14)15(21)20-11)6-5-9-18-16(22)23-17(2,3)4/h5-8,10H,9H2,1-4H3,(H,18,22)(H,19,20,21). The van der Waals surface area contributed by atoms with Gasteiger partial charge in [-0.1, -0.05) is 18.2 Å². The summed E-state index contributed by atoms with van der Waals surface area (Å²) < 4.78 is 5.14. The average Bonchev–Trinajstić information content (AvgIpc) is 2.42. The van der Waals surface area contributed by atoms with Crippen LogP contribution in [-0.4, -0.2) is 28.2 Å². The largest absolute Gasteiger partial charge is 0.444 e. The molecule has 0 bridgehead atoms. The van der Waals surface area contributed by atoms with Crippen LogP contribution in [0.2, 0.25) is 0 Å². The molecule has 1 amide bonds. The van der Waals surface area contributed by atoms with Gasteiger partial charge in [0.25, 0.3) is 5.56 Å². The van der Waals surface area contributed by atoms with Crippen molar-refractivity contribution in [1.82, 2.24) is 15.3 Å². The molecule has 0 aliphatic heterocycles. The number of aromatic nitrogens is 2. The summed E-state index contributed by atoms with van der Waals surface area (Å²) >= 11 is 0. The normalized spacial score (nSPS) is 11.8. The van der Waals surface area contributed by atoms with Gasteiger partial charge in [0.2, 0.25) is 0 Å². The maximum atomic E-state index is 11.9. The van der Waals surface area contributed by atoms with Crippen LogP contribution in [0.1, 0.15) is 32.2 Å². The highest BCUT2D eigenvalue weighted by molar-refractivity contribution is 5.80. The van der Waals surface area contributed by atoms with Crippen molar-refractivity contribution >= 4 is 23.1 Å². The molecular weight excluding hydrogens is 294 g/mol. The van der Waals surface area contributed by atoms with Crippen molar-refractivity contribution in [1.29, 1.82) is 0 Å². The molecule has 122 valence electrons. The molecule has 0 fully saturated rings. The molecular formula is C17H21N3O3. The van der Waals surface area contributed by atoms with Crippen LogP contribution in [0.15, 0.2) is 29.1 Å². The number of carbonyl (C=O) groups excluding carboxylic acids is 1. The number of amides is 1. The number of aryl methyl sites for hydroxylation is 1. The lowest BCUT2D eigenvalue weighted by molar-refractivity contribution is 0.0534. The maximum Gasteiger partial charge on any atom is 0.407 e. The number of aromatic amines is 1. The van der Waals surface area contributed by atoms with Gasteiger partial charge in [-0.3, -0.25) is 4.79 Å². The summed E-state index contributed by atoms with van der Waals surface area (Å²) in [5.74, 6) is 0.590. The third kappa shape index (κ3) is 4.95. The number of H-pyrrole nitrogens is 1. The highest BCUT2D eigenvalue weighted by Gasteiger charge is 2.14. The number of rotatable bonds is 3. The van der Waals surface area contributed by atoms with Crippen LogP contribution in [-0.2, 0) is 4.74 Å². The first-order chi connectivity index (χ1) is 10.7. The van der Waals surface area contributed by atoms with Gasteiger partial charge in [0, 0.05) is 6.54 Å². The Labute approximate surface area is 134 Å². The van der Waals surface area contributed by atoms with Gasteiger partial charge >= 0.3 is 6.09 Å². The van der Waals surface area contributed by atoms with Crippen molar-refractivity contribution in [3.05, 3.63) is 46.0 Å². The van der Waals surface area contributed by atoms with E-state index in [4.69, 9.17) is 4.74 Å². The molecule has 1 heterocycles. The van der Waals surface area contributed by atoms with E-state index in [0.29, 0.717) is 23.3 Å². The molecule has 0 unspecified atom stereocenters. The summed E-state index contributed by atoms with van der Waals surface area (Å²) in [6, 6.07) is 5.45. The number of benzene rings is 1. The van der Waals surface area contributed by atoms with Crippen LogP contribution in [0.3, 0.4) is 0 Å². The van der Waals surface area contributed by atoms with Gasteiger partial charge in [0.1, 0.15) is 11.4 Å². The van der Waals surface area contributed by atoms with E-state index in [2.05, 4.69) is 15.3 Å². The molecule has 0 spiro atoms. The van der Waals surface area contributed by atoms with Gasteiger partial charge in [-0.15, -0.1) is 0 Å². The number of nitrogens with one attached hydrogen (secondary N) is 2. The lowest BCUT2D eigenvalue weighted by Crippen LogP contribution is -2.32. The first kappa shape index (κ1) is 16.7. The number of ether oxygens (including phenoxy) is 1. The van der Waals surface area contributed by atoms with Crippen molar-refractivity contribution in [2.24, 2.45) is 0 Å². The second kappa shape index (κ2) is 6.64. The van der Waals surface area contributed by atoms with Gasteiger partial charge in [-0.25, -0.2) is 9.78 Å². The minimum Gasteiger partial charge on any atom is -0.444 e. The van der Waals surface area contributed by atoms with Crippen molar-refractivity contribution in [2.75, 3.05) is 6.54 Å². The molecule has 0 saturated heterocycles. The predicted octanol–water partition coefficient (Wildman–Crippen LogP) is 2.77. The number of alkyl carbamates (subject to hydrolysis) is 1. The van der Waals surface area contributed by atoms with Crippen LogP contribution >= 0.6 is 0 Å². The summed E-state index contributed by atoms with van der Waals surface area (Å²) in [6.07, 6.45) is 3.16. The Hall–Kier alpha value is -2.63. The Balaban J connectivity index is 2.02. The number of carbonyl (C=O) groups is 1. The van der Waals surface area contributed by atoms with E-state index in [1.165, 1.54) is 0 Å². The first-order valence-electron chi connectivity index (χ1n) is 7.39. The molecule has 2 rings (SSSR count). The lowest BCUT2D eigenvalue weighted by Gasteiger charge is -2.19. The fourth-order valence-electron chi connectivity index (χ4n) is 2.03. The molecule has 2 aromatic rings. The van der Waals surface area contributed by atoms with Crippen molar-refractivity contribution in [3.8, 4) is 0 Å².